The normalized spacial score (nSPS) is 22.0. The number of hydrogen-bond donors (Lipinski definition) is 0. The highest BCUT2D eigenvalue weighted by molar-refractivity contribution is 8.18. The number of imide groups is 1. The van der Waals surface area contributed by atoms with E-state index < -0.39 is 0 Å². The highest BCUT2D eigenvalue weighted by Gasteiger charge is 2.36. The number of fused-ring (bicyclic) bond motifs is 1. The Balaban J connectivity index is 1.58. The first kappa shape index (κ1) is 21.0. The van der Waals surface area contributed by atoms with E-state index in [4.69, 9.17) is 11.6 Å². The fraction of sp³-hybridized carbons (Fsp3) is 0.333. The van der Waals surface area contributed by atoms with Crippen LogP contribution in [0.4, 0.5) is 10.5 Å². The Morgan fingerprint density at radius 3 is 2.57 bits per heavy atom. The molecule has 0 saturated carbocycles. The van der Waals surface area contributed by atoms with Crippen LogP contribution in [0, 0.1) is 0 Å². The topological polar surface area (TPSA) is 40.6 Å². The van der Waals surface area contributed by atoms with Crippen LogP contribution in [0.25, 0.3) is 6.08 Å². The van der Waals surface area contributed by atoms with Crippen molar-refractivity contribution in [3.63, 3.8) is 0 Å². The Hall–Kier alpha value is -2.24. The molecule has 2 aliphatic heterocycles. The molecule has 2 aromatic rings. The number of benzene rings is 2. The van der Waals surface area contributed by atoms with Crippen LogP contribution in [-0.2, 0) is 11.3 Å². The lowest BCUT2D eigenvalue weighted by Crippen LogP contribution is -2.45. The zero-order valence-corrected chi connectivity index (χ0v) is 19.2. The zero-order chi connectivity index (χ0) is 21.6. The van der Waals surface area contributed by atoms with E-state index in [1.807, 2.05) is 24.3 Å². The second-order valence-electron chi connectivity index (χ2n) is 8.69. The van der Waals surface area contributed by atoms with Crippen LogP contribution < -0.4 is 4.90 Å². The Bertz CT molecular complexity index is 1050. The van der Waals surface area contributed by atoms with E-state index in [1.165, 1.54) is 16.2 Å². The van der Waals surface area contributed by atoms with Gasteiger partial charge in [0, 0.05) is 23.3 Å². The van der Waals surface area contributed by atoms with Crippen molar-refractivity contribution < 1.29 is 9.59 Å². The van der Waals surface area contributed by atoms with Gasteiger partial charge in [0.25, 0.3) is 11.1 Å². The molecule has 2 aliphatic rings. The summed E-state index contributed by atoms with van der Waals surface area (Å²) in [4.78, 5) is 29.4. The highest BCUT2D eigenvalue weighted by atomic mass is 35.5. The molecule has 1 unspecified atom stereocenters. The monoisotopic (exact) mass is 440 g/mol. The molecule has 2 aromatic carbocycles. The van der Waals surface area contributed by atoms with Gasteiger partial charge in [0.1, 0.15) is 0 Å². The van der Waals surface area contributed by atoms with Gasteiger partial charge < -0.3 is 4.90 Å². The number of amides is 2. The van der Waals surface area contributed by atoms with Gasteiger partial charge in [-0.15, -0.1) is 0 Å². The first-order chi connectivity index (χ1) is 14.2. The van der Waals surface area contributed by atoms with Gasteiger partial charge in [0.05, 0.1) is 11.4 Å². The van der Waals surface area contributed by atoms with Crippen molar-refractivity contribution in [1.29, 1.82) is 0 Å². The largest absolute Gasteiger partial charge is 0.369 e. The summed E-state index contributed by atoms with van der Waals surface area (Å²) in [6, 6.07) is 13.5. The zero-order valence-electron chi connectivity index (χ0n) is 17.6. The predicted molar refractivity (Wildman–Crippen MR) is 125 cm³/mol. The molecule has 0 N–H and O–H groups in total. The summed E-state index contributed by atoms with van der Waals surface area (Å²) < 4.78 is 0. The van der Waals surface area contributed by atoms with E-state index in [0.717, 1.165) is 29.3 Å². The number of halogens is 1. The maximum atomic E-state index is 12.9. The van der Waals surface area contributed by atoms with Crippen molar-refractivity contribution in [2.75, 3.05) is 11.9 Å². The third kappa shape index (κ3) is 3.88. The van der Waals surface area contributed by atoms with Crippen LogP contribution in [0.1, 0.15) is 49.8 Å². The molecule has 1 saturated heterocycles. The molecule has 2 amide bonds. The molecule has 0 spiro atoms. The maximum Gasteiger partial charge on any atom is 0.293 e. The number of carbonyl (C=O) groups excluding carboxylic acids is 2. The number of rotatable bonds is 3. The fourth-order valence-electron chi connectivity index (χ4n) is 4.25. The van der Waals surface area contributed by atoms with Crippen LogP contribution >= 0.6 is 23.4 Å². The van der Waals surface area contributed by atoms with Crippen molar-refractivity contribution in [2.24, 2.45) is 0 Å². The summed E-state index contributed by atoms with van der Waals surface area (Å²) in [6.45, 7) is 7.02. The fourth-order valence-corrected chi connectivity index (χ4v) is 5.21. The highest BCUT2D eigenvalue weighted by Crippen LogP contribution is 2.43. The number of anilines is 1. The van der Waals surface area contributed by atoms with Crippen LogP contribution in [0.5, 0.6) is 0 Å². The van der Waals surface area contributed by atoms with E-state index in [1.54, 1.807) is 12.1 Å². The lowest BCUT2D eigenvalue weighted by Gasteiger charge is -2.45. The minimum atomic E-state index is -0.246. The third-order valence-corrected chi connectivity index (χ3v) is 7.24. The Kier molecular flexibility index (Phi) is 5.45. The van der Waals surface area contributed by atoms with Gasteiger partial charge in [0.2, 0.25) is 0 Å². The summed E-state index contributed by atoms with van der Waals surface area (Å²) in [7, 11) is 2.13. The van der Waals surface area contributed by atoms with Gasteiger partial charge in [0.15, 0.2) is 0 Å². The lowest BCUT2D eigenvalue weighted by atomic mass is 9.80. The minimum Gasteiger partial charge on any atom is -0.369 e. The number of carbonyl (C=O) groups is 2. The average molecular weight is 441 g/mol. The SMILES string of the molecule is CC1CC(C)(C)N(C)c2ccc(/C=C3\SC(=O)N(Cc4ccc(Cl)cc4)C3=O)cc21. The quantitative estimate of drug-likeness (QED) is 0.525. The van der Waals surface area contributed by atoms with E-state index >= 15 is 0 Å². The maximum absolute atomic E-state index is 12.9. The van der Waals surface area contributed by atoms with Gasteiger partial charge in [-0.1, -0.05) is 36.7 Å². The van der Waals surface area contributed by atoms with Gasteiger partial charge >= 0.3 is 0 Å². The Morgan fingerprint density at radius 2 is 1.87 bits per heavy atom. The summed E-state index contributed by atoms with van der Waals surface area (Å²) in [5.41, 5.74) is 4.44. The van der Waals surface area contributed by atoms with E-state index in [2.05, 4.69) is 44.9 Å². The molecule has 1 fully saturated rings. The summed E-state index contributed by atoms with van der Waals surface area (Å²) in [6.07, 6.45) is 2.90. The number of nitrogens with zero attached hydrogens (tertiary/aromatic N) is 2. The van der Waals surface area contributed by atoms with Crippen LogP contribution in [-0.4, -0.2) is 28.6 Å². The van der Waals surface area contributed by atoms with Gasteiger partial charge in [-0.2, -0.15) is 0 Å². The Morgan fingerprint density at radius 1 is 1.17 bits per heavy atom. The average Bonchev–Trinajstić information content (AvgIpc) is 2.95. The molecule has 4 nitrogen and oxygen atoms in total. The van der Waals surface area contributed by atoms with Crippen molar-refractivity contribution in [3.05, 3.63) is 69.1 Å². The molecular formula is C24H25ClN2O2S. The molecule has 0 bridgehead atoms. The van der Waals surface area contributed by atoms with Crippen LogP contribution in [0.2, 0.25) is 5.02 Å². The van der Waals surface area contributed by atoms with Gasteiger partial charge in [-0.3, -0.25) is 14.5 Å². The Labute approximate surface area is 186 Å². The first-order valence-corrected chi connectivity index (χ1v) is 11.2. The standard InChI is InChI=1S/C24H25ClN2O2S/c1-15-13-24(2,3)26(4)20-10-7-17(11-19(15)20)12-21-22(28)27(23(29)30-21)14-16-5-8-18(25)9-6-16/h5-12,15H,13-14H2,1-4H3/b21-12-. The number of hydrogen-bond acceptors (Lipinski definition) is 4. The number of thioether (sulfide) groups is 1. The third-order valence-electron chi connectivity index (χ3n) is 6.08. The van der Waals surface area contributed by atoms with E-state index in [-0.39, 0.29) is 23.2 Å². The van der Waals surface area contributed by atoms with Crippen molar-refractivity contribution in [3.8, 4) is 0 Å². The molecule has 0 aliphatic carbocycles. The molecule has 6 heteroatoms. The van der Waals surface area contributed by atoms with Crippen molar-refractivity contribution in [2.45, 2.75) is 45.2 Å². The van der Waals surface area contributed by atoms with Gasteiger partial charge in [-0.25, -0.2) is 0 Å². The van der Waals surface area contributed by atoms with Crippen LogP contribution in [0.15, 0.2) is 47.4 Å². The molecule has 156 valence electrons. The van der Waals surface area contributed by atoms with E-state index in [9.17, 15) is 9.59 Å². The second kappa shape index (κ2) is 7.78. The molecule has 0 aromatic heterocycles. The summed E-state index contributed by atoms with van der Waals surface area (Å²) >= 11 is 6.92. The summed E-state index contributed by atoms with van der Waals surface area (Å²) in [5.74, 6) is 0.184. The van der Waals surface area contributed by atoms with E-state index in [0.29, 0.717) is 15.8 Å². The molecule has 4 rings (SSSR count). The van der Waals surface area contributed by atoms with Crippen molar-refractivity contribution >= 4 is 46.3 Å². The smallest absolute Gasteiger partial charge is 0.293 e. The second-order valence-corrected chi connectivity index (χ2v) is 10.1. The molecule has 30 heavy (non-hydrogen) atoms. The van der Waals surface area contributed by atoms with Crippen LogP contribution in [0.3, 0.4) is 0 Å². The molecule has 1 atom stereocenters. The minimum absolute atomic E-state index is 0.109. The van der Waals surface area contributed by atoms with Gasteiger partial charge in [-0.05, 0) is 85.0 Å². The molecule has 0 radical (unpaired) electrons. The first-order valence-electron chi connectivity index (χ1n) is 10.0. The summed E-state index contributed by atoms with van der Waals surface area (Å²) in [5, 5.41) is 0.387. The molecular weight excluding hydrogens is 416 g/mol. The molecule has 2 heterocycles. The predicted octanol–water partition coefficient (Wildman–Crippen LogP) is 6.30. The van der Waals surface area contributed by atoms with Crippen molar-refractivity contribution in [1.82, 2.24) is 4.90 Å². The lowest BCUT2D eigenvalue weighted by molar-refractivity contribution is -0.123.